The van der Waals surface area contributed by atoms with E-state index >= 15 is 0 Å². The highest BCUT2D eigenvalue weighted by molar-refractivity contribution is 5.74. The standard InChI is InChI=1S/C83H140N4O60/c1-21(95)84-37-50(109)61(30(13-92)130-72(37)120)141-73-38(85-22(2)96)52(111)63(32(15-94)135-73)143-83-71(147-77-55(114)41(100)25(99)16-125-77)69(49(108)36(140-83)20-126-76-56(115)53(112)42(101)26(9-88)131-76)145-82-70(54(113)43(102)27(10-89)134-82)146-74-39(86-23(3)97)51(110)62(31(14-93)136-74)142-75-40(87-24(4)98)64(144-81-60(119)68(124-8)48(107)35(139-81)19-128-79-58(117)66(122-6)45(104)29(12-91)133-79)46(105)33(137-75)17-129-80-59(118)67(123-7)47(106)34(138-80)18-127-78-57(116)65(121-5)44(103)28(11-90)132-78/h25-83,88-94,99-120H,9-20H2,1-8H3,(H,84,95)(H,85,96)(H,86,97)(H,87,98)/t25-,26-,27-,28-,29-,30-,31-,32-,33-,34-,35-,36-,37-,38-,39-,40-,41+,42-,43-,44+,45+,46+,47+,48+,49-,50-,51-,52-,53+,54+,55-,56+,57-,58-,59-,60-,61-,62-,63-,64-,65+,66+,67+,68+,69+,70+,71+,72-,73+,74+,75+,76+,77+,78-,79-,80-,81+,82-,83+/m1/s1. The smallest absolute Gasteiger partial charge is 0.217 e. The van der Waals surface area contributed by atoms with Crippen LogP contribution in [0.3, 0.4) is 0 Å². The van der Waals surface area contributed by atoms with Gasteiger partial charge in [-0.3, -0.25) is 19.2 Å². The lowest BCUT2D eigenvalue weighted by molar-refractivity contribution is -0.411. The fourth-order valence-corrected chi connectivity index (χ4v) is 19.4. The molecule has 0 saturated carbocycles. The van der Waals surface area contributed by atoms with Gasteiger partial charge in [-0.2, -0.15) is 0 Å². The molecule has 0 aromatic rings. The second-order valence-electron chi connectivity index (χ2n) is 37.1. The van der Waals surface area contributed by atoms with E-state index in [9.17, 15) is 167 Å². The van der Waals surface area contributed by atoms with Crippen molar-refractivity contribution in [2.24, 2.45) is 0 Å². The average Bonchev–Trinajstić information content (AvgIpc) is 0.759. The molecule has 12 rings (SSSR count). The quantitative estimate of drug-likeness (QED) is 0.0270. The topological polar surface area (TPSA) is 952 Å². The number of amides is 4. The molecular formula is C83H140N4O60. The minimum atomic E-state index is -2.59. The summed E-state index contributed by atoms with van der Waals surface area (Å²) in [4.78, 5) is 53.1. The Bertz CT molecular complexity index is 4020. The summed E-state index contributed by atoms with van der Waals surface area (Å²) < 4.78 is 162. The number of rotatable bonds is 41. The van der Waals surface area contributed by atoms with Gasteiger partial charge in [0.2, 0.25) is 23.6 Å². The van der Waals surface area contributed by atoms with Gasteiger partial charge in [0.05, 0.1) is 79.3 Å². The molecule has 64 nitrogen and oxygen atoms in total. The number of nitrogens with one attached hydrogen (secondary N) is 4. The second kappa shape index (κ2) is 54.1. The Kier molecular flexibility index (Phi) is 44.6. The molecule has 12 aliphatic rings. The molecule has 12 saturated heterocycles. The molecular weight excluding hydrogens is 2010 g/mol. The molecule has 12 fully saturated rings. The third kappa shape index (κ3) is 27.2. The predicted octanol–water partition coefficient (Wildman–Crippen LogP) is -23.3. The zero-order chi connectivity index (χ0) is 108. The lowest BCUT2D eigenvalue weighted by atomic mass is 9.93. The highest BCUT2D eigenvalue weighted by Crippen LogP contribution is 2.43. The molecule has 12 heterocycles. The van der Waals surface area contributed by atoms with Crippen LogP contribution in [0.1, 0.15) is 27.7 Å². The first-order valence-electron chi connectivity index (χ1n) is 47.1. The monoisotopic (exact) mass is 2150 g/mol. The van der Waals surface area contributed by atoms with E-state index in [-0.39, 0.29) is 0 Å². The number of ether oxygens (including phenoxy) is 27. The fourth-order valence-electron chi connectivity index (χ4n) is 19.4. The van der Waals surface area contributed by atoms with Gasteiger partial charge in [0.15, 0.2) is 75.5 Å². The Morgan fingerprint density at radius 2 is 0.476 bits per heavy atom. The lowest BCUT2D eigenvalue weighted by Gasteiger charge is -2.52. The number of aliphatic hydroxyl groups excluding tert-OH is 29. The average molecular weight is 2150 g/mol. The van der Waals surface area contributed by atoms with Crippen molar-refractivity contribution in [1.82, 2.24) is 21.3 Å². The molecule has 0 aliphatic carbocycles. The second-order valence-corrected chi connectivity index (χ2v) is 37.1. The van der Waals surface area contributed by atoms with E-state index in [2.05, 4.69) is 21.3 Å². The zero-order valence-electron chi connectivity index (χ0n) is 80.2. The number of aliphatic hydroxyl groups is 29. The number of methoxy groups -OCH3 is 4. The Morgan fingerprint density at radius 3 is 0.884 bits per heavy atom. The maximum Gasteiger partial charge on any atom is 0.217 e. The van der Waals surface area contributed by atoms with Crippen LogP contribution in [-0.2, 0) is 147 Å². The van der Waals surface area contributed by atoms with Crippen LogP contribution in [0.5, 0.6) is 0 Å². The van der Waals surface area contributed by atoms with Crippen LogP contribution in [0.2, 0.25) is 0 Å². The van der Waals surface area contributed by atoms with Crippen molar-refractivity contribution < 1.29 is 295 Å². The maximum absolute atomic E-state index is 13.8. The molecule has 0 radical (unpaired) electrons. The van der Waals surface area contributed by atoms with Crippen molar-refractivity contribution in [3.8, 4) is 0 Å². The van der Waals surface area contributed by atoms with Crippen LogP contribution in [0, 0.1) is 0 Å². The lowest BCUT2D eigenvalue weighted by Crippen LogP contribution is -2.72. The highest BCUT2D eigenvalue weighted by atomic mass is 16.8. The first kappa shape index (κ1) is 121. The van der Waals surface area contributed by atoms with Crippen LogP contribution < -0.4 is 21.3 Å². The first-order chi connectivity index (χ1) is 69.8. The van der Waals surface area contributed by atoms with Crippen molar-refractivity contribution >= 4 is 23.6 Å². The van der Waals surface area contributed by atoms with Crippen molar-refractivity contribution in [3.63, 3.8) is 0 Å². The van der Waals surface area contributed by atoms with Crippen molar-refractivity contribution in [2.45, 2.75) is 390 Å². The van der Waals surface area contributed by atoms with Gasteiger partial charge >= 0.3 is 0 Å². The number of hydrogen-bond donors (Lipinski definition) is 33. The predicted molar refractivity (Wildman–Crippen MR) is 454 cm³/mol. The number of carbonyl (C=O) groups excluding carboxylic acids is 4. The number of hydrogen-bond acceptors (Lipinski definition) is 60. The molecule has 33 N–H and O–H groups in total. The van der Waals surface area contributed by atoms with Gasteiger partial charge in [0.1, 0.15) is 287 Å². The molecule has 4 amide bonds. The van der Waals surface area contributed by atoms with Crippen LogP contribution >= 0.6 is 0 Å². The van der Waals surface area contributed by atoms with Gasteiger partial charge in [0.25, 0.3) is 0 Å². The van der Waals surface area contributed by atoms with E-state index in [4.69, 9.17) is 128 Å². The summed E-state index contributed by atoms with van der Waals surface area (Å²) in [5.41, 5.74) is 0. The van der Waals surface area contributed by atoms with Crippen LogP contribution in [0.4, 0.5) is 0 Å². The minimum absolute atomic E-state index is 0.771. The zero-order valence-corrected chi connectivity index (χ0v) is 80.2. The maximum atomic E-state index is 13.8. The van der Waals surface area contributed by atoms with Crippen LogP contribution in [0.25, 0.3) is 0 Å². The normalized spacial score (nSPS) is 49.1. The van der Waals surface area contributed by atoms with Gasteiger partial charge < -0.3 is 297 Å². The van der Waals surface area contributed by atoms with E-state index < -0.39 is 465 Å². The first-order valence-corrected chi connectivity index (χ1v) is 47.1. The molecule has 0 spiro atoms. The fraction of sp³-hybridized carbons (Fsp3) is 0.952. The third-order valence-corrected chi connectivity index (χ3v) is 27.2. The van der Waals surface area contributed by atoms with Gasteiger partial charge in [-0.1, -0.05) is 0 Å². The minimum Gasteiger partial charge on any atom is -0.394 e. The van der Waals surface area contributed by atoms with E-state index in [1.807, 2.05) is 0 Å². The van der Waals surface area contributed by atoms with Gasteiger partial charge in [-0.25, -0.2) is 0 Å². The Hall–Kier alpha value is -4.36. The molecule has 59 atom stereocenters. The summed E-state index contributed by atoms with van der Waals surface area (Å²) in [6.07, 6.45) is -113. The Labute approximate surface area is 835 Å². The largest absolute Gasteiger partial charge is 0.394 e. The van der Waals surface area contributed by atoms with Crippen molar-refractivity contribution in [2.75, 3.05) is 108 Å². The molecule has 147 heavy (non-hydrogen) atoms. The molecule has 0 bridgehead atoms. The summed E-state index contributed by atoms with van der Waals surface area (Å²) in [5.74, 6) is -3.93. The van der Waals surface area contributed by atoms with E-state index in [1.54, 1.807) is 0 Å². The van der Waals surface area contributed by atoms with E-state index in [0.29, 0.717) is 0 Å². The molecule has 0 aromatic carbocycles. The summed E-state index contributed by atoms with van der Waals surface area (Å²) >= 11 is 0. The van der Waals surface area contributed by atoms with Gasteiger partial charge in [-0.15, -0.1) is 0 Å². The van der Waals surface area contributed by atoms with Gasteiger partial charge in [-0.05, 0) is 0 Å². The molecule has 0 aromatic heterocycles. The molecule has 64 heteroatoms. The molecule has 852 valence electrons. The summed E-state index contributed by atoms with van der Waals surface area (Å²) in [6, 6.07) is -8.00. The summed E-state index contributed by atoms with van der Waals surface area (Å²) in [6.45, 7) is -8.68. The Morgan fingerprint density at radius 1 is 0.218 bits per heavy atom. The SMILES string of the molecule is CO[C@H]1[C@@H](O)[C@@H](CO)O[C@@H](OC[C@H]2O[C@@H](OC[C@H]3O[C@@H](O[C@H]4[C@H](O)[C@@H](NC(C)=O)[C@H](O[C@@H]5[C@@H](O[C@H]6[C@H](O)[C@@H](CO[C@H]7O[C@H](CO)[C@@H](O)[C@H](O)[C@@H]7O)O[C@@H](O[C@H]7[C@H](O)[C@@H](NC(C)=O)[C@H](O[C@H]8[C@H](O)[C@@H](NC(C)=O)[C@H](O)O[C@@H]8CO)O[C@@H]7CO)[C@H]6O[C@@H]6OC[C@@H](O)[C@H](O)[C@H]6O)O[C@H](CO)[C@@H](O)[C@@H]5O)O[C@@H]4CO)[C@H](NC(C)=O)[C@@H](O[C@@H]4O[C@H](CO[C@@H]5O[C@H](CO)[C@H](O)[C@H](OC)[C@H]5O)[C@H](O)[C@H](OC)[C@H]4O)[C@H]3O)[C@H](O)[C@@H](OC)[C@H]2O)[C@@H]1O. The van der Waals surface area contributed by atoms with Crippen LogP contribution in [-0.4, -0.2) is 642 Å². The Balaban J connectivity index is 0.888. The summed E-state index contributed by atoms with van der Waals surface area (Å²) in [7, 11) is 4.33. The van der Waals surface area contributed by atoms with Crippen LogP contribution in [0.15, 0.2) is 0 Å². The van der Waals surface area contributed by atoms with Crippen molar-refractivity contribution in [3.05, 3.63) is 0 Å². The number of carbonyl (C=O) groups is 4. The molecule has 12 aliphatic heterocycles. The van der Waals surface area contributed by atoms with Gasteiger partial charge in [0, 0.05) is 56.1 Å². The molecule has 0 unspecified atom stereocenters. The summed E-state index contributed by atoms with van der Waals surface area (Å²) in [5, 5.41) is 340. The van der Waals surface area contributed by atoms with E-state index in [1.165, 1.54) is 0 Å². The van der Waals surface area contributed by atoms with E-state index in [0.717, 1.165) is 56.1 Å². The highest BCUT2D eigenvalue weighted by Gasteiger charge is 2.64. The third-order valence-electron chi connectivity index (χ3n) is 27.2. The van der Waals surface area contributed by atoms with Crippen molar-refractivity contribution in [1.29, 1.82) is 0 Å².